The van der Waals surface area contributed by atoms with E-state index in [1.54, 1.807) is 0 Å². The summed E-state index contributed by atoms with van der Waals surface area (Å²) in [5.74, 6) is -0.887. The molecule has 2 aromatic rings. The lowest BCUT2D eigenvalue weighted by Crippen LogP contribution is -2.44. The summed E-state index contributed by atoms with van der Waals surface area (Å²) in [5.41, 5.74) is 1.41. The molecule has 0 saturated carbocycles. The zero-order valence-corrected chi connectivity index (χ0v) is 21.1. The molecule has 190 valence electrons. The Bertz CT molecular complexity index is 1140. The highest BCUT2D eigenvalue weighted by Gasteiger charge is 2.32. The Kier molecular flexibility index (Phi) is 9.11. The van der Waals surface area contributed by atoms with E-state index >= 15 is 0 Å². The molecule has 10 heteroatoms. The Morgan fingerprint density at radius 3 is 2.40 bits per heavy atom. The number of anilines is 1. The zero-order chi connectivity index (χ0) is 25.4. The summed E-state index contributed by atoms with van der Waals surface area (Å²) >= 11 is 0. The molecule has 1 fully saturated rings. The average Bonchev–Trinajstić information content (AvgIpc) is 2.88. The number of piperidine rings is 1. The van der Waals surface area contributed by atoms with Crippen LogP contribution < -0.4 is 14.8 Å². The van der Waals surface area contributed by atoms with Gasteiger partial charge in [0.15, 0.2) is 11.5 Å². The van der Waals surface area contributed by atoms with Crippen molar-refractivity contribution < 1.29 is 32.2 Å². The monoisotopic (exact) mass is 504 g/mol. The Morgan fingerprint density at radius 1 is 1.06 bits per heavy atom. The van der Waals surface area contributed by atoms with Gasteiger partial charge in [-0.3, -0.25) is 4.79 Å². The number of rotatable bonds is 10. The molecule has 1 saturated heterocycles. The first kappa shape index (κ1) is 26.5. The molecule has 1 atom stereocenters. The largest absolute Gasteiger partial charge is 0.493 e. The van der Waals surface area contributed by atoms with Crippen LogP contribution >= 0.6 is 0 Å². The van der Waals surface area contributed by atoms with E-state index in [9.17, 15) is 18.0 Å². The van der Waals surface area contributed by atoms with Crippen LogP contribution in [-0.2, 0) is 26.0 Å². The Hall–Kier alpha value is -3.11. The SMILES string of the molecule is COC(=O)c1cc(OC)c(OC)cc1NC(=O)[C@H]1CCCN(S(=O)(=O)CCCc2ccccc2)C1. The molecule has 0 unspecified atom stereocenters. The van der Waals surface area contributed by atoms with E-state index in [4.69, 9.17) is 14.2 Å². The van der Waals surface area contributed by atoms with Crippen LogP contribution in [-0.4, -0.2) is 64.8 Å². The van der Waals surface area contributed by atoms with Gasteiger partial charge in [-0.25, -0.2) is 17.5 Å². The average molecular weight is 505 g/mol. The summed E-state index contributed by atoms with van der Waals surface area (Å²) in [7, 11) is 0.633. The van der Waals surface area contributed by atoms with Crippen molar-refractivity contribution in [3.05, 3.63) is 53.6 Å². The van der Waals surface area contributed by atoms with Crippen molar-refractivity contribution >= 4 is 27.6 Å². The van der Waals surface area contributed by atoms with Crippen molar-refractivity contribution in [1.29, 1.82) is 0 Å². The number of nitrogens with one attached hydrogen (secondary N) is 1. The highest BCUT2D eigenvalue weighted by molar-refractivity contribution is 7.89. The molecular weight excluding hydrogens is 472 g/mol. The van der Waals surface area contributed by atoms with E-state index in [1.165, 1.54) is 37.8 Å². The first-order chi connectivity index (χ1) is 16.8. The standard InChI is InChI=1S/C25H32N2O7S/c1-32-22-15-20(25(29)34-3)21(16-23(22)33-2)26-24(28)19-12-7-13-27(17-19)35(30,31)14-8-11-18-9-5-4-6-10-18/h4-6,9-10,15-16,19H,7-8,11-14,17H2,1-3H3,(H,26,28)/t19-/m0/s1. The molecule has 3 rings (SSSR count). The van der Waals surface area contributed by atoms with E-state index in [0.29, 0.717) is 43.7 Å². The molecule has 9 nitrogen and oxygen atoms in total. The summed E-state index contributed by atoms with van der Waals surface area (Å²) in [6.45, 7) is 0.488. The lowest BCUT2D eigenvalue weighted by atomic mass is 9.98. The summed E-state index contributed by atoms with van der Waals surface area (Å²) in [4.78, 5) is 25.4. The highest BCUT2D eigenvalue weighted by atomic mass is 32.2. The van der Waals surface area contributed by atoms with Crippen LogP contribution in [0, 0.1) is 5.92 Å². The molecule has 1 aliphatic heterocycles. The minimum Gasteiger partial charge on any atom is -0.493 e. The number of hydrogen-bond donors (Lipinski definition) is 1. The van der Waals surface area contributed by atoms with Gasteiger partial charge in [0.2, 0.25) is 15.9 Å². The van der Waals surface area contributed by atoms with Crippen molar-refractivity contribution in [1.82, 2.24) is 4.31 Å². The maximum atomic E-state index is 13.1. The third-order valence-corrected chi connectivity index (χ3v) is 7.97. The number of hydrogen-bond acceptors (Lipinski definition) is 7. The molecule has 1 aliphatic rings. The minimum absolute atomic E-state index is 0.0262. The number of esters is 1. The third-order valence-electron chi connectivity index (χ3n) is 6.05. The van der Waals surface area contributed by atoms with Gasteiger partial charge in [0, 0.05) is 25.2 Å². The molecular formula is C25H32N2O7S. The number of nitrogens with zero attached hydrogens (tertiary/aromatic N) is 1. The Morgan fingerprint density at radius 2 is 1.74 bits per heavy atom. The number of aryl methyl sites for hydroxylation is 1. The second-order valence-corrected chi connectivity index (χ2v) is 10.4. The normalized spacial score (nSPS) is 16.4. The number of methoxy groups -OCH3 is 3. The second-order valence-electron chi connectivity index (χ2n) is 8.34. The third kappa shape index (κ3) is 6.73. The van der Waals surface area contributed by atoms with E-state index in [2.05, 4.69) is 5.32 Å². The maximum Gasteiger partial charge on any atom is 0.340 e. The van der Waals surface area contributed by atoms with Crippen LogP contribution in [0.1, 0.15) is 35.2 Å². The fraction of sp³-hybridized carbons (Fsp3) is 0.440. The molecule has 0 aromatic heterocycles. The lowest BCUT2D eigenvalue weighted by Gasteiger charge is -2.31. The summed E-state index contributed by atoms with van der Waals surface area (Å²) in [5, 5.41) is 2.76. The van der Waals surface area contributed by atoms with Crippen molar-refractivity contribution in [3.8, 4) is 11.5 Å². The van der Waals surface area contributed by atoms with Gasteiger partial charge in [-0.2, -0.15) is 0 Å². The topological polar surface area (TPSA) is 111 Å². The molecule has 35 heavy (non-hydrogen) atoms. The minimum atomic E-state index is -3.50. The molecule has 0 aliphatic carbocycles. The van der Waals surface area contributed by atoms with Crippen LogP contribution in [0.15, 0.2) is 42.5 Å². The van der Waals surface area contributed by atoms with Gasteiger partial charge >= 0.3 is 5.97 Å². The molecule has 1 heterocycles. The molecule has 1 N–H and O–H groups in total. The second kappa shape index (κ2) is 12.0. The van der Waals surface area contributed by atoms with Gasteiger partial charge in [-0.05, 0) is 31.2 Å². The van der Waals surface area contributed by atoms with Crippen molar-refractivity contribution in [2.75, 3.05) is 45.5 Å². The van der Waals surface area contributed by atoms with Crippen LogP contribution in [0.4, 0.5) is 5.69 Å². The van der Waals surface area contributed by atoms with Gasteiger partial charge in [0.05, 0.1) is 44.3 Å². The fourth-order valence-electron chi connectivity index (χ4n) is 4.14. The summed E-state index contributed by atoms with van der Waals surface area (Å²) < 4.78 is 42.6. The number of amides is 1. The van der Waals surface area contributed by atoms with Crippen LogP contribution in [0.25, 0.3) is 0 Å². The zero-order valence-electron chi connectivity index (χ0n) is 20.3. The predicted molar refractivity (Wildman–Crippen MR) is 132 cm³/mol. The molecule has 2 aromatic carbocycles. The van der Waals surface area contributed by atoms with Crippen molar-refractivity contribution in [2.24, 2.45) is 5.92 Å². The van der Waals surface area contributed by atoms with Gasteiger partial charge in [0.25, 0.3) is 0 Å². The highest BCUT2D eigenvalue weighted by Crippen LogP contribution is 2.34. The van der Waals surface area contributed by atoms with Crippen molar-refractivity contribution in [3.63, 3.8) is 0 Å². The molecule has 0 spiro atoms. The molecule has 0 radical (unpaired) electrons. The van der Waals surface area contributed by atoms with Crippen LogP contribution in [0.2, 0.25) is 0 Å². The van der Waals surface area contributed by atoms with Gasteiger partial charge in [-0.15, -0.1) is 0 Å². The summed E-state index contributed by atoms with van der Waals surface area (Å²) in [6.07, 6.45) is 2.30. The van der Waals surface area contributed by atoms with E-state index < -0.39 is 21.9 Å². The Balaban J connectivity index is 1.68. The number of carbonyl (C=O) groups excluding carboxylic acids is 2. The predicted octanol–water partition coefficient (Wildman–Crippen LogP) is 3.10. The van der Waals surface area contributed by atoms with Crippen LogP contribution in [0.5, 0.6) is 11.5 Å². The lowest BCUT2D eigenvalue weighted by molar-refractivity contribution is -0.120. The van der Waals surface area contributed by atoms with E-state index in [1.807, 2.05) is 30.3 Å². The van der Waals surface area contributed by atoms with E-state index in [0.717, 1.165) is 5.56 Å². The van der Waals surface area contributed by atoms with Crippen LogP contribution in [0.3, 0.4) is 0 Å². The maximum absolute atomic E-state index is 13.1. The molecule has 1 amide bonds. The summed E-state index contributed by atoms with van der Waals surface area (Å²) in [6, 6.07) is 12.7. The quantitative estimate of drug-likeness (QED) is 0.495. The number of sulfonamides is 1. The number of ether oxygens (including phenoxy) is 3. The first-order valence-electron chi connectivity index (χ1n) is 11.5. The van der Waals surface area contributed by atoms with E-state index in [-0.39, 0.29) is 29.5 Å². The fourth-order valence-corrected chi connectivity index (χ4v) is 5.72. The van der Waals surface area contributed by atoms with Gasteiger partial charge < -0.3 is 19.5 Å². The van der Waals surface area contributed by atoms with Gasteiger partial charge in [0.1, 0.15) is 0 Å². The van der Waals surface area contributed by atoms with Gasteiger partial charge in [-0.1, -0.05) is 30.3 Å². The Labute approximate surface area is 206 Å². The smallest absolute Gasteiger partial charge is 0.340 e. The first-order valence-corrected chi connectivity index (χ1v) is 13.1. The number of carbonyl (C=O) groups is 2. The van der Waals surface area contributed by atoms with Crippen molar-refractivity contribution in [2.45, 2.75) is 25.7 Å². The molecule has 0 bridgehead atoms. The number of benzene rings is 2.